The van der Waals surface area contributed by atoms with Gasteiger partial charge in [-0.2, -0.15) is 5.26 Å². The van der Waals surface area contributed by atoms with E-state index in [4.69, 9.17) is 6.57 Å². The van der Waals surface area contributed by atoms with Crippen molar-refractivity contribution in [3.05, 3.63) is 175 Å². The quantitative estimate of drug-likeness (QED) is 0.144. The topological polar surface area (TPSA) is 34.6 Å². The molecule has 0 aliphatic carbocycles. The van der Waals surface area contributed by atoms with Crippen LogP contribution in [0.1, 0.15) is 5.56 Å². The lowest BCUT2D eigenvalue weighted by Gasteiger charge is -2.29. The van der Waals surface area contributed by atoms with Crippen LogP contribution in [0.15, 0.2) is 158 Å². The van der Waals surface area contributed by atoms with Crippen molar-refractivity contribution >= 4 is 72.1 Å². The Morgan fingerprint density at radius 2 is 0.957 bits per heavy atom. The number of hydrogen-bond donors (Lipinski definition) is 0. The van der Waals surface area contributed by atoms with Crippen molar-refractivity contribution in [1.82, 2.24) is 0 Å². The molecule has 0 unspecified atom stereocenters. The number of rotatable bonds is 6. The van der Waals surface area contributed by atoms with Gasteiger partial charge in [0.1, 0.15) is 0 Å². The minimum Gasteiger partial charge on any atom is -0.311 e. The van der Waals surface area contributed by atoms with Gasteiger partial charge in [-0.15, -0.1) is 0 Å². The third-order valence-electron chi connectivity index (χ3n) is 8.58. The summed E-state index contributed by atoms with van der Waals surface area (Å²) >= 11 is 0. The average molecular weight is 587 g/mol. The maximum absolute atomic E-state index is 9.72. The Balaban J connectivity index is 1.41. The second-order valence-corrected chi connectivity index (χ2v) is 11.2. The summed E-state index contributed by atoms with van der Waals surface area (Å²) in [6.45, 7) is 7.65. The highest BCUT2D eigenvalue weighted by Crippen LogP contribution is 2.47. The van der Waals surface area contributed by atoms with E-state index >= 15 is 0 Å². The largest absolute Gasteiger partial charge is 0.311 e. The Bertz CT molecular complexity index is 2280. The van der Waals surface area contributed by atoms with Crippen LogP contribution in [0.2, 0.25) is 0 Å². The lowest BCUT2D eigenvalue weighted by atomic mass is 9.91. The number of anilines is 6. The molecule has 0 amide bonds. The zero-order valence-electron chi connectivity index (χ0n) is 24.8. The first kappa shape index (κ1) is 27.0. The lowest BCUT2D eigenvalue weighted by molar-refractivity contribution is 1.29. The zero-order valence-corrected chi connectivity index (χ0v) is 24.8. The standard InChI is InChI=1S/C42H26N4/c1-44-32-11-9-17-36(27-32)46(34-14-6-3-7-15-34)40-25-21-31-18-22-37-39(24-20-30-19-23-38(40)42(31)41(30)37)45(33-12-4-2-5-13-33)35-16-8-10-29(26-35)28-43/h2-27H. The van der Waals surface area contributed by atoms with Crippen LogP contribution >= 0.6 is 0 Å². The monoisotopic (exact) mass is 586 g/mol. The molecular weight excluding hydrogens is 560 g/mol. The molecular formula is C42H26N4. The average Bonchev–Trinajstić information content (AvgIpc) is 3.13. The summed E-state index contributed by atoms with van der Waals surface area (Å²) in [7, 11) is 0. The molecule has 0 saturated carbocycles. The van der Waals surface area contributed by atoms with E-state index in [0.717, 1.165) is 55.7 Å². The summed E-state index contributed by atoms with van der Waals surface area (Å²) in [5, 5.41) is 16.7. The fourth-order valence-corrected chi connectivity index (χ4v) is 6.59. The van der Waals surface area contributed by atoms with Crippen molar-refractivity contribution in [2.75, 3.05) is 9.80 Å². The van der Waals surface area contributed by atoms with Crippen LogP contribution in [-0.4, -0.2) is 0 Å². The van der Waals surface area contributed by atoms with E-state index in [1.54, 1.807) is 0 Å². The summed E-state index contributed by atoms with van der Waals surface area (Å²) in [5.41, 5.74) is 7.20. The Kier molecular flexibility index (Phi) is 6.53. The van der Waals surface area contributed by atoms with Crippen molar-refractivity contribution in [2.45, 2.75) is 0 Å². The van der Waals surface area contributed by atoms with E-state index in [2.05, 4.69) is 106 Å². The normalized spacial score (nSPS) is 11.0. The van der Waals surface area contributed by atoms with Gasteiger partial charge in [-0.05, 0) is 88.3 Å². The highest BCUT2D eigenvalue weighted by molar-refractivity contribution is 6.28. The van der Waals surface area contributed by atoms with Gasteiger partial charge in [-0.3, -0.25) is 0 Å². The molecule has 0 N–H and O–H groups in total. The van der Waals surface area contributed by atoms with E-state index < -0.39 is 0 Å². The highest BCUT2D eigenvalue weighted by Gasteiger charge is 2.21. The molecule has 0 aliphatic heterocycles. The summed E-state index contributed by atoms with van der Waals surface area (Å²) in [5.74, 6) is 0. The molecule has 4 nitrogen and oxygen atoms in total. The SMILES string of the molecule is [C-]#[N+]c1cccc(N(c2ccccc2)c2ccc3ccc4c(N(c5ccccc5)c5cccc(C#N)c5)ccc5ccc2c3c54)c1. The molecule has 0 bridgehead atoms. The number of benzene rings is 8. The fourth-order valence-electron chi connectivity index (χ4n) is 6.59. The van der Waals surface area contributed by atoms with Gasteiger partial charge >= 0.3 is 0 Å². The Labute approximate surface area is 267 Å². The van der Waals surface area contributed by atoms with Crippen LogP contribution in [0, 0.1) is 17.9 Å². The molecule has 8 rings (SSSR count). The smallest absolute Gasteiger partial charge is 0.189 e. The Hall–Kier alpha value is -6.62. The Morgan fingerprint density at radius 1 is 0.478 bits per heavy atom. The van der Waals surface area contributed by atoms with Crippen LogP contribution in [0.25, 0.3) is 37.2 Å². The fraction of sp³-hybridized carbons (Fsp3) is 0. The first-order chi connectivity index (χ1) is 22.7. The van der Waals surface area contributed by atoms with Gasteiger partial charge in [0.25, 0.3) is 0 Å². The van der Waals surface area contributed by atoms with Crippen LogP contribution in [0.3, 0.4) is 0 Å². The number of nitriles is 1. The van der Waals surface area contributed by atoms with Gasteiger partial charge in [0.05, 0.1) is 29.6 Å². The van der Waals surface area contributed by atoms with Crippen molar-refractivity contribution in [3.8, 4) is 6.07 Å². The molecule has 8 aromatic carbocycles. The van der Waals surface area contributed by atoms with Crippen LogP contribution < -0.4 is 9.80 Å². The van der Waals surface area contributed by atoms with Crippen LogP contribution in [0.4, 0.5) is 39.8 Å². The number of para-hydroxylation sites is 2. The lowest BCUT2D eigenvalue weighted by Crippen LogP contribution is -2.11. The second-order valence-electron chi connectivity index (χ2n) is 11.2. The number of hydrogen-bond acceptors (Lipinski definition) is 3. The minimum atomic E-state index is 0.599. The van der Waals surface area contributed by atoms with E-state index in [1.807, 2.05) is 72.8 Å². The first-order valence-electron chi connectivity index (χ1n) is 15.1. The maximum atomic E-state index is 9.72. The molecule has 0 heterocycles. The first-order valence-corrected chi connectivity index (χ1v) is 15.1. The Morgan fingerprint density at radius 3 is 1.48 bits per heavy atom. The molecule has 0 aliphatic rings. The van der Waals surface area contributed by atoms with Gasteiger partial charge < -0.3 is 9.80 Å². The van der Waals surface area contributed by atoms with Crippen molar-refractivity contribution in [2.24, 2.45) is 0 Å². The minimum absolute atomic E-state index is 0.599. The van der Waals surface area contributed by atoms with E-state index in [-0.39, 0.29) is 0 Å². The highest BCUT2D eigenvalue weighted by atomic mass is 15.1. The molecule has 0 fully saturated rings. The van der Waals surface area contributed by atoms with Gasteiger partial charge in [0.15, 0.2) is 5.69 Å². The van der Waals surface area contributed by atoms with E-state index in [9.17, 15) is 5.26 Å². The van der Waals surface area contributed by atoms with Gasteiger partial charge in [0, 0.05) is 33.5 Å². The zero-order chi connectivity index (χ0) is 31.0. The molecule has 8 aromatic rings. The molecule has 0 atom stereocenters. The molecule has 4 heteroatoms. The van der Waals surface area contributed by atoms with E-state index in [0.29, 0.717) is 11.3 Å². The van der Waals surface area contributed by atoms with E-state index in [1.165, 1.54) is 10.8 Å². The molecule has 0 aromatic heterocycles. The van der Waals surface area contributed by atoms with Crippen molar-refractivity contribution < 1.29 is 0 Å². The number of nitrogens with zero attached hydrogens (tertiary/aromatic N) is 4. The third-order valence-corrected chi connectivity index (χ3v) is 8.58. The summed E-state index contributed by atoms with van der Waals surface area (Å²) in [4.78, 5) is 8.19. The third kappa shape index (κ3) is 4.46. The summed E-state index contributed by atoms with van der Waals surface area (Å²) < 4.78 is 0. The van der Waals surface area contributed by atoms with Gasteiger partial charge in [0.2, 0.25) is 0 Å². The molecule has 0 spiro atoms. The van der Waals surface area contributed by atoms with Crippen molar-refractivity contribution in [1.29, 1.82) is 5.26 Å². The van der Waals surface area contributed by atoms with Crippen molar-refractivity contribution in [3.63, 3.8) is 0 Å². The predicted molar refractivity (Wildman–Crippen MR) is 190 cm³/mol. The molecule has 0 radical (unpaired) electrons. The van der Waals surface area contributed by atoms with Crippen LogP contribution in [-0.2, 0) is 0 Å². The summed E-state index contributed by atoms with van der Waals surface area (Å²) in [6, 6.07) is 56.1. The van der Waals surface area contributed by atoms with Gasteiger partial charge in [-0.25, -0.2) is 4.85 Å². The summed E-state index contributed by atoms with van der Waals surface area (Å²) in [6.07, 6.45) is 0. The van der Waals surface area contributed by atoms with Crippen LogP contribution in [0.5, 0.6) is 0 Å². The predicted octanol–water partition coefficient (Wildman–Crippen LogP) is 11.9. The second kappa shape index (κ2) is 11.1. The molecule has 0 saturated heterocycles. The maximum Gasteiger partial charge on any atom is 0.189 e. The van der Waals surface area contributed by atoms with Gasteiger partial charge in [-0.1, -0.05) is 91.0 Å². The molecule has 46 heavy (non-hydrogen) atoms. The molecule has 214 valence electrons.